The molecule has 1 fully saturated rings. The average molecular weight is 466 g/mol. The van der Waals surface area contributed by atoms with Gasteiger partial charge in [-0.3, -0.25) is 14.5 Å². The molecule has 1 saturated heterocycles. The summed E-state index contributed by atoms with van der Waals surface area (Å²) in [6.07, 6.45) is 1.43. The van der Waals surface area contributed by atoms with E-state index in [-0.39, 0.29) is 24.5 Å². The standard InChI is InChI=1S/C26H31N3O5/c30-24-18-34-22-5-6-23-19(15-22)7-9-29(25(31)17-28-10-13-32-14-11-28)26(23)20-3-1-4-21(16-20)33-12-2-8-27-24/h1,3-6,15-16,26H,2,7-14,17-18H2,(H,27,30). The summed E-state index contributed by atoms with van der Waals surface area (Å²) in [5, 5.41) is 2.86. The first kappa shape index (κ1) is 22.7. The number of fused-ring (bicyclic) bond motifs is 8. The molecule has 8 heteroatoms. The number of hydrogen-bond acceptors (Lipinski definition) is 6. The number of benzene rings is 2. The minimum Gasteiger partial charge on any atom is -0.494 e. The first-order valence-corrected chi connectivity index (χ1v) is 12.0. The Balaban J connectivity index is 1.48. The molecular weight excluding hydrogens is 434 g/mol. The van der Waals surface area contributed by atoms with Crippen molar-refractivity contribution in [2.24, 2.45) is 0 Å². The van der Waals surface area contributed by atoms with Crippen LogP contribution in [0.5, 0.6) is 11.5 Å². The lowest BCUT2D eigenvalue weighted by Gasteiger charge is -2.39. The minimum absolute atomic E-state index is 0.0216. The van der Waals surface area contributed by atoms with E-state index >= 15 is 0 Å². The highest BCUT2D eigenvalue weighted by atomic mass is 16.5. The van der Waals surface area contributed by atoms with Crippen LogP contribution >= 0.6 is 0 Å². The van der Waals surface area contributed by atoms with Crippen molar-refractivity contribution in [2.75, 3.05) is 59.2 Å². The van der Waals surface area contributed by atoms with Gasteiger partial charge in [0.15, 0.2) is 6.61 Å². The topological polar surface area (TPSA) is 80.3 Å². The van der Waals surface area contributed by atoms with Crippen molar-refractivity contribution in [3.63, 3.8) is 0 Å². The summed E-state index contributed by atoms with van der Waals surface area (Å²) in [5.74, 6) is 1.41. The van der Waals surface area contributed by atoms with Crippen LogP contribution in [0.15, 0.2) is 42.5 Å². The largest absolute Gasteiger partial charge is 0.494 e. The van der Waals surface area contributed by atoms with Gasteiger partial charge in [0.05, 0.1) is 32.4 Å². The molecule has 0 aromatic heterocycles. The fourth-order valence-electron chi connectivity index (χ4n) is 4.83. The molecule has 0 spiro atoms. The first-order valence-electron chi connectivity index (χ1n) is 12.0. The van der Waals surface area contributed by atoms with E-state index in [2.05, 4.69) is 16.3 Å². The molecule has 180 valence electrons. The normalized spacial score (nSPS) is 21.4. The third-order valence-corrected chi connectivity index (χ3v) is 6.58. The predicted octanol–water partition coefficient (Wildman–Crippen LogP) is 1.77. The van der Waals surface area contributed by atoms with Gasteiger partial charge in [-0.25, -0.2) is 0 Å². The van der Waals surface area contributed by atoms with E-state index < -0.39 is 0 Å². The van der Waals surface area contributed by atoms with E-state index in [4.69, 9.17) is 14.2 Å². The maximum atomic E-state index is 13.5. The van der Waals surface area contributed by atoms with E-state index in [0.29, 0.717) is 51.6 Å². The summed E-state index contributed by atoms with van der Waals surface area (Å²) in [5.41, 5.74) is 3.25. The highest BCUT2D eigenvalue weighted by Crippen LogP contribution is 2.38. The van der Waals surface area contributed by atoms with Crippen LogP contribution < -0.4 is 14.8 Å². The number of carbonyl (C=O) groups is 2. The van der Waals surface area contributed by atoms with Crippen molar-refractivity contribution in [1.29, 1.82) is 0 Å². The van der Waals surface area contributed by atoms with Crippen molar-refractivity contribution in [3.05, 3.63) is 59.2 Å². The van der Waals surface area contributed by atoms with Crippen molar-refractivity contribution in [2.45, 2.75) is 18.9 Å². The van der Waals surface area contributed by atoms with Crippen LogP contribution in [0.4, 0.5) is 0 Å². The average Bonchev–Trinajstić information content (AvgIpc) is 2.86. The van der Waals surface area contributed by atoms with E-state index in [9.17, 15) is 9.59 Å². The Morgan fingerprint density at radius 2 is 1.85 bits per heavy atom. The van der Waals surface area contributed by atoms with Gasteiger partial charge < -0.3 is 24.4 Å². The van der Waals surface area contributed by atoms with E-state index in [1.807, 2.05) is 41.3 Å². The molecule has 2 aromatic rings. The second kappa shape index (κ2) is 10.4. The van der Waals surface area contributed by atoms with Crippen molar-refractivity contribution in [3.8, 4) is 11.5 Å². The molecule has 0 radical (unpaired) electrons. The molecule has 8 nitrogen and oxygen atoms in total. The number of ether oxygens (including phenoxy) is 3. The third kappa shape index (κ3) is 5.18. The number of nitrogens with zero attached hydrogens (tertiary/aromatic N) is 2. The van der Waals surface area contributed by atoms with Gasteiger partial charge in [-0.2, -0.15) is 0 Å². The van der Waals surface area contributed by atoms with Crippen LogP contribution in [0.3, 0.4) is 0 Å². The summed E-state index contributed by atoms with van der Waals surface area (Å²) in [6, 6.07) is 13.7. The van der Waals surface area contributed by atoms with Gasteiger partial charge in [-0.15, -0.1) is 0 Å². The molecular formula is C26H31N3O5. The molecule has 2 amide bonds. The van der Waals surface area contributed by atoms with E-state index in [0.717, 1.165) is 42.0 Å². The number of carbonyl (C=O) groups excluding carboxylic acids is 2. The molecule has 6 rings (SSSR count). The second-order valence-corrected chi connectivity index (χ2v) is 8.90. The lowest BCUT2D eigenvalue weighted by Crippen LogP contribution is -2.48. The molecule has 6 bridgehead atoms. The van der Waals surface area contributed by atoms with Gasteiger partial charge in [-0.05, 0) is 53.8 Å². The van der Waals surface area contributed by atoms with Crippen LogP contribution in [0, 0.1) is 0 Å². The van der Waals surface area contributed by atoms with Crippen LogP contribution in [-0.2, 0) is 20.7 Å². The molecule has 1 atom stereocenters. The summed E-state index contributed by atoms with van der Waals surface area (Å²) in [7, 11) is 0. The zero-order valence-electron chi connectivity index (χ0n) is 19.3. The summed E-state index contributed by atoms with van der Waals surface area (Å²) >= 11 is 0. The third-order valence-electron chi connectivity index (χ3n) is 6.58. The zero-order valence-corrected chi connectivity index (χ0v) is 19.3. The Morgan fingerprint density at radius 1 is 1.00 bits per heavy atom. The molecule has 1 N–H and O–H groups in total. The Kier molecular flexibility index (Phi) is 6.97. The van der Waals surface area contributed by atoms with E-state index in [1.54, 1.807) is 0 Å². The molecule has 0 saturated carbocycles. The fourth-order valence-corrected chi connectivity index (χ4v) is 4.83. The number of hydrogen-bond donors (Lipinski definition) is 1. The molecule has 4 heterocycles. The highest BCUT2D eigenvalue weighted by molar-refractivity contribution is 5.80. The maximum Gasteiger partial charge on any atom is 0.257 e. The van der Waals surface area contributed by atoms with Crippen molar-refractivity contribution in [1.82, 2.24) is 15.1 Å². The quantitative estimate of drug-likeness (QED) is 0.728. The summed E-state index contributed by atoms with van der Waals surface area (Å²) < 4.78 is 17.2. The Morgan fingerprint density at radius 3 is 2.74 bits per heavy atom. The molecule has 1 unspecified atom stereocenters. The Bertz CT molecular complexity index is 1040. The van der Waals surface area contributed by atoms with Gasteiger partial charge in [0.25, 0.3) is 5.91 Å². The van der Waals surface area contributed by atoms with Crippen LogP contribution in [0.25, 0.3) is 0 Å². The van der Waals surface area contributed by atoms with Crippen molar-refractivity contribution < 1.29 is 23.8 Å². The van der Waals surface area contributed by atoms with Crippen LogP contribution in [-0.4, -0.2) is 80.8 Å². The smallest absolute Gasteiger partial charge is 0.257 e. The first-order chi connectivity index (χ1) is 16.7. The molecule has 4 aliphatic rings. The number of amides is 2. The van der Waals surface area contributed by atoms with E-state index in [1.165, 1.54) is 0 Å². The van der Waals surface area contributed by atoms with Crippen LogP contribution in [0.2, 0.25) is 0 Å². The fraction of sp³-hybridized carbons (Fsp3) is 0.462. The van der Waals surface area contributed by atoms with Gasteiger partial charge in [0.2, 0.25) is 5.91 Å². The number of nitrogens with one attached hydrogen (secondary N) is 1. The lowest BCUT2D eigenvalue weighted by molar-refractivity contribution is -0.135. The number of morpholine rings is 1. The lowest BCUT2D eigenvalue weighted by atomic mass is 9.87. The number of rotatable bonds is 2. The zero-order chi connectivity index (χ0) is 23.3. The SMILES string of the molecule is O=C1COc2ccc3c(c2)CCN(C(=O)CN2CCOCC2)C3c2cccc(c2)OCCCN1. The Hall–Kier alpha value is -3.10. The highest BCUT2D eigenvalue weighted by Gasteiger charge is 2.33. The maximum absolute atomic E-state index is 13.5. The molecule has 4 aliphatic heterocycles. The van der Waals surface area contributed by atoms with Gasteiger partial charge in [-0.1, -0.05) is 18.2 Å². The van der Waals surface area contributed by atoms with Gasteiger partial charge >= 0.3 is 0 Å². The molecule has 34 heavy (non-hydrogen) atoms. The second-order valence-electron chi connectivity index (χ2n) is 8.90. The monoisotopic (exact) mass is 465 g/mol. The minimum atomic E-state index is -0.203. The summed E-state index contributed by atoms with van der Waals surface area (Å²) in [6.45, 7) is 4.90. The molecule has 0 aliphatic carbocycles. The van der Waals surface area contributed by atoms with Crippen molar-refractivity contribution >= 4 is 11.8 Å². The predicted molar refractivity (Wildman–Crippen MR) is 126 cm³/mol. The van der Waals surface area contributed by atoms with Gasteiger partial charge in [0, 0.05) is 26.2 Å². The van der Waals surface area contributed by atoms with Gasteiger partial charge in [0.1, 0.15) is 11.5 Å². The van der Waals surface area contributed by atoms with Crippen LogP contribution in [0.1, 0.15) is 29.2 Å². The Labute approximate surface area is 199 Å². The molecule has 2 aromatic carbocycles. The summed E-state index contributed by atoms with van der Waals surface area (Å²) in [4.78, 5) is 29.8.